The summed E-state index contributed by atoms with van der Waals surface area (Å²) in [5, 5.41) is 0. The van der Waals surface area contributed by atoms with Gasteiger partial charge in [0.2, 0.25) is 0 Å². The SMILES string of the molecule is Cc1nc(Cl)sc1S(=O)(=O)Nc1cccc(F)c1. The molecular formula is C10H8ClFN2O2S2. The molecule has 0 saturated carbocycles. The Bertz CT molecular complexity index is 685. The average Bonchev–Trinajstić information content (AvgIpc) is 2.58. The quantitative estimate of drug-likeness (QED) is 0.948. The van der Waals surface area contributed by atoms with Crippen molar-refractivity contribution in [1.82, 2.24) is 4.98 Å². The number of hydrogen-bond donors (Lipinski definition) is 1. The first kappa shape index (κ1) is 13.3. The molecule has 18 heavy (non-hydrogen) atoms. The summed E-state index contributed by atoms with van der Waals surface area (Å²) in [4.78, 5) is 3.83. The lowest BCUT2D eigenvalue weighted by molar-refractivity contribution is 0.602. The first-order chi connectivity index (χ1) is 8.38. The third-order valence-electron chi connectivity index (χ3n) is 2.05. The van der Waals surface area contributed by atoms with Gasteiger partial charge in [0, 0.05) is 0 Å². The van der Waals surface area contributed by atoms with Gasteiger partial charge in [0.1, 0.15) is 5.82 Å². The fourth-order valence-corrected chi connectivity index (χ4v) is 4.14. The Kier molecular flexibility index (Phi) is 3.56. The summed E-state index contributed by atoms with van der Waals surface area (Å²) >= 11 is 6.51. The summed E-state index contributed by atoms with van der Waals surface area (Å²) in [7, 11) is -3.79. The Balaban J connectivity index is 2.36. The van der Waals surface area contributed by atoms with Crippen LogP contribution in [0.2, 0.25) is 4.47 Å². The van der Waals surface area contributed by atoms with Crippen LogP contribution in [0, 0.1) is 12.7 Å². The van der Waals surface area contributed by atoms with E-state index < -0.39 is 15.8 Å². The van der Waals surface area contributed by atoms with Crippen molar-refractivity contribution >= 4 is 38.6 Å². The molecule has 2 aromatic rings. The number of sulfonamides is 1. The largest absolute Gasteiger partial charge is 0.279 e. The van der Waals surface area contributed by atoms with E-state index in [1.165, 1.54) is 18.2 Å². The highest BCUT2D eigenvalue weighted by molar-refractivity contribution is 7.94. The van der Waals surface area contributed by atoms with Crippen LogP contribution in [0.25, 0.3) is 0 Å². The van der Waals surface area contributed by atoms with Gasteiger partial charge >= 0.3 is 0 Å². The van der Waals surface area contributed by atoms with Gasteiger partial charge in [-0.3, -0.25) is 4.72 Å². The number of rotatable bonds is 3. The van der Waals surface area contributed by atoms with Gasteiger partial charge in [0.25, 0.3) is 10.0 Å². The lowest BCUT2D eigenvalue weighted by atomic mass is 10.3. The zero-order valence-electron chi connectivity index (χ0n) is 9.15. The highest BCUT2D eigenvalue weighted by Gasteiger charge is 2.21. The predicted molar refractivity (Wildman–Crippen MR) is 69.1 cm³/mol. The van der Waals surface area contributed by atoms with Crippen molar-refractivity contribution in [2.24, 2.45) is 0 Å². The number of benzene rings is 1. The molecule has 0 radical (unpaired) electrons. The fraction of sp³-hybridized carbons (Fsp3) is 0.100. The van der Waals surface area contributed by atoms with Crippen molar-refractivity contribution in [3.8, 4) is 0 Å². The number of thiazole rings is 1. The number of aromatic nitrogens is 1. The predicted octanol–water partition coefficient (Wildman–Crippen LogP) is 3.04. The maximum Gasteiger partial charge on any atom is 0.273 e. The van der Waals surface area contributed by atoms with Gasteiger partial charge in [-0.2, -0.15) is 0 Å². The van der Waals surface area contributed by atoms with Crippen molar-refractivity contribution < 1.29 is 12.8 Å². The van der Waals surface area contributed by atoms with Crippen LogP contribution in [0.5, 0.6) is 0 Å². The number of nitrogens with zero attached hydrogens (tertiary/aromatic N) is 1. The zero-order chi connectivity index (χ0) is 13.3. The minimum Gasteiger partial charge on any atom is -0.279 e. The second-order valence-electron chi connectivity index (χ2n) is 3.46. The fourth-order valence-electron chi connectivity index (χ4n) is 1.35. The molecule has 0 fully saturated rings. The Hall–Kier alpha value is -1.18. The first-order valence-electron chi connectivity index (χ1n) is 4.80. The van der Waals surface area contributed by atoms with Crippen LogP contribution in [0.4, 0.5) is 10.1 Å². The molecule has 4 nitrogen and oxygen atoms in total. The number of nitrogens with one attached hydrogen (secondary N) is 1. The minimum atomic E-state index is -3.79. The molecule has 96 valence electrons. The van der Waals surface area contributed by atoms with Gasteiger partial charge in [0.05, 0.1) is 11.4 Å². The zero-order valence-corrected chi connectivity index (χ0v) is 11.5. The Labute approximate surface area is 112 Å². The number of aryl methyl sites for hydroxylation is 1. The van der Waals surface area contributed by atoms with Gasteiger partial charge in [-0.1, -0.05) is 29.0 Å². The molecule has 1 aromatic heterocycles. The van der Waals surface area contributed by atoms with Crippen molar-refractivity contribution in [3.05, 3.63) is 40.2 Å². The standard InChI is InChI=1S/C10H8ClFN2O2S2/c1-6-9(17-10(11)13-6)18(15,16)14-8-4-2-3-7(12)5-8/h2-5,14H,1H3. The molecule has 0 amide bonds. The Morgan fingerprint density at radius 2 is 2.17 bits per heavy atom. The topological polar surface area (TPSA) is 59.1 Å². The molecule has 1 heterocycles. The van der Waals surface area contributed by atoms with Crippen LogP contribution < -0.4 is 4.72 Å². The molecule has 1 aromatic carbocycles. The van der Waals surface area contributed by atoms with E-state index in [1.54, 1.807) is 6.92 Å². The van der Waals surface area contributed by atoms with E-state index in [4.69, 9.17) is 11.6 Å². The van der Waals surface area contributed by atoms with Crippen LogP contribution in [0.3, 0.4) is 0 Å². The van der Waals surface area contributed by atoms with E-state index in [-0.39, 0.29) is 14.4 Å². The summed E-state index contributed by atoms with van der Waals surface area (Å²) in [6.07, 6.45) is 0. The smallest absolute Gasteiger partial charge is 0.273 e. The molecule has 1 N–H and O–H groups in total. The normalized spacial score (nSPS) is 11.5. The molecule has 0 atom stereocenters. The summed E-state index contributed by atoms with van der Waals surface area (Å²) in [6.45, 7) is 1.54. The van der Waals surface area contributed by atoms with E-state index in [0.717, 1.165) is 17.4 Å². The van der Waals surface area contributed by atoms with Crippen LogP contribution in [-0.4, -0.2) is 13.4 Å². The molecule has 0 bridgehead atoms. The molecular weight excluding hydrogens is 299 g/mol. The lowest BCUT2D eigenvalue weighted by Crippen LogP contribution is -2.12. The Morgan fingerprint density at radius 3 is 2.72 bits per heavy atom. The molecule has 0 aliphatic carbocycles. The van der Waals surface area contributed by atoms with Gasteiger partial charge in [-0.15, -0.1) is 0 Å². The van der Waals surface area contributed by atoms with Crippen LogP contribution >= 0.6 is 22.9 Å². The lowest BCUT2D eigenvalue weighted by Gasteiger charge is -2.06. The van der Waals surface area contributed by atoms with Crippen molar-refractivity contribution in [2.75, 3.05) is 4.72 Å². The Morgan fingerprint density at radius 1 is 1.44 bits per heavy atom. The highest BCUT2D eigenvalue weighted by atomic mass is 35.5. The van der Waals surface area contributed by atoms with Crippen LogP contribution in [0.1, 0.15) is 5.69 Å². The molecule has 0 saturated heterocycles. The van der Waals surface area contributed by atoms with E-state index >= 15 is 0 Å². The third-order valence-corrected chi connectivity index (χ3v) is 5.30. The van der Waals surface area contributed by atoms with Crippen LogP contribution in [-0.2, 0) is 10.0 Å². The number of anilines is 1. The van der Waals surface area contributed by atoms with Crippen LogP contribution in [0.15, 0.2) is 28.5 Å². The van der Waals surface area contributed by atoms with Gasteiger partial charge in [0.15, 0.2) is 8.68 Å². The second kappa shape index (κ2) is 4.83. The minimum absolute atomic E-state index is 0.0248. The molecule has 0 unspecified atom stereocenters. The molecule has 8 heteroatoms. The third kappa shape index (κ3) is 2.80. The maximum absolute atomic E-state index is 13.0. The van der Waals surface area contributed by atoms with E-state index in [1.807, 2.05) is 0 Å². The highest BCUT2D eigenvalue weighted by Crippen LogP contribution is 2.28. The number of hydrogen-bond acceptors (Lipinski definition) is 4. The summed E-state index contributed by atoms with van der Waals surface area (Å²) in [6, 6.07) is 5.19. The van der Waals surface area contributed by atoms with Gasteiger partial charge in [-0.25, -0.2) is 17.8 Å². The molecule has 0 aliphatic heterocycles. The first-order valence-corrected chi connectivity index (χ1v) is 7.47. The monoisotopic (exact) mass is 306 g/mol. The van der Waals surface area contributed by atoms with Gasteiger partial charge < -0.3 is 0 Å². The molecule has 0 spiro atoms. The van der Waals surface area contributed by atoms with E-state index in [9.17, 15) is 12.8 Å². The van der Waals surface area contributed by atoms with E-state index in [2.05, 4.69) is 9.71 Å². The van der Waals surface area contributed by atoms with E-state index in [0.29, 0.717) is 5.69 Å². The molecule has 0 aliphatic rings. The van der Waals surface area contributed by atoms with Crippen molar-refractivity contribution in [2.45, 2.75) is 11.1 Å². The summed E-state index contributed by atoms with van der Waals surface area (Å²) in [5.41, 5.74) is 0.466. The maximum atomic E-state index is 13.0. The second-order valence-corrected chi connectivity index (χ2v) is 6.91. The summed E-state index contributed by atoms with van der Waals surface area (Å²) in [5.74, 6) is -0.519. The number of halogens is 2. The average molecular weight is 307 g/mol. The van der Waals surface area contributed by atoms with Crippen molar-refractivity contribution in [1.29, 1.82) is 0 Å². The van der Waals surface area contributed by atoms with Gasteiger partial charge in [-0.05, 0) is 25.1 Å². The molecule has 2 rings (SSSR count). The summed E-state index contributed by atoms with van der Waals surface area (Å²) < 4.78 is 39.5. The van der Waals surface area contributed by atoms with Crippen molar-refractivity contribution in [3.63, 3.8) is 0 Å².